The zero-order chi connectivity index (χ0) is 19.6. The molecule has 0 saturated carbocycles. The van der Waals surface area contributed by atoms with E-state index in [1.165, 1.54) is 11.4 Å². The van der Waals surface area contributed by atoms with Crippen molar-refractivity contribution >= 4 is 33.2 Å². The van der Waals surface area contributed by atoms with Gasteiger partial charge in [-0.1, -0.05) is 36.7 Å². The van der Waals surface area contributed by atoms with E-state index < -0.39 is 10.0 Å². The fourth-order valence-electron chi connectivity index (χ4n) is 3.14. The molecule has 0 bridgehead atoms. The van der Waals surface area contributed by atoms with Gasteiger partial charge < -0.3 is 4.90 Å². The summed E-state index contributed by atoms with van der Waals surface area (Å²) in [7, 11) is -2.24. The molecule has 0 atom stereocenters. The fourth-order valence-corrected chi connectivity index (χ4v) is 4.55. The first-order chi connectivity index (χ1) is 12.8. The predicted molar refractivity (Wildman–Crippen MR) is 108 cm³/mol. The Bertz CT molecular complexity index is 923. The molecule has 0 unspecified atom stereocenters. The highest BCUT2D eigenvalue weighted by Gasteiger charge is 2.26. The molecule has 1 amide bonds. The number of carbonyl (C=O) groups excluding carboxylic acids is 1. The third kappa shape index (κ3) is 4.12. The molecule has 1 fully saturated rings. The smallest absolute Gasteiger partial charge is 0.264 e. The molecule has 0 radical (unpaired) electrons. The van der Waals surface area contributed by atoms with Crippen LogP contribution in [0.3, 0.4) is 0 Å². The lowest BCUT2D eigenvalue weighted by Crippen LogP contribution is -2.38. The van der Waals surface area contributed by atoms with Crippen molar-refractivity contribution < 1.29 is 13.2 Å². The standard InChI is InChI=1S/C20H23ClN2O3S/c1-15-10-12-23(13-11-15)20(24)18-14-16(8-9-19(18)21)22(2)27(25,26)17-6-4-3-5-7-17/h3-9,14-15H,10-13H2,1-2H3. The van der Waals surface area contributed by atoms with Crippen LogP contribution < -0.4 is 4.31 Å². The van der Waals surface area contributed by atoms with Gasteiger partial charge in [0.25, 0.3) is 15.9 Å². The number of sulfonamides is 1. The van der Waals surface area contributed by atoms with Gasteiger partial charge in [0.15, 0.2) is 0 Å². The van der Waals surface area contributed by atoms with E-state index in [1.54, 1.807) is 53.4 Å². The molecule has 2 aromatic rings. The molecule has 5 nitrogen and oxygen atoms in total. The largest absolute Gasteiger partial charge is 0.339 e. The van der Waals surface area contributed by atoms with Crippen molar-refractivity contribution in [3.63, 3.8) is 0 Å². The van der Waals surface area contributed by atoms with E-state index in [1.807, 2.05) is 0 Å². The summed E-state index contributed by atoms with van der Waals surface area (Å²) < 4.78 is 26.8. The molecule has 0 aromatic heterocycles. The monoisotopic (exact) mass is 406 g/mol. The van der Waals surface area contributed by atoms with Gasteiger partial charge in [-0.3, -0.25) is 9.10 Å². The second kappa shape index (κ2) is 7.90. The Balaban J connectivity index is 1.90. The second-order valence-corrected chi connectivity index (χ2v) is 9.30. The molecule has 1 heterocycles. The molecule has 1 aliphatic heterocycles. The van der Waals surface area contributed by atoms with Gasteiger partial charge in [0, 0.05) is 20.1 Å². The lowest BCUT2D eigenvalue weighted by molar-refractivity contribution is 0.0697. The van der Waals surface area contributed by atoms with Gasteiger partial charge >= 0.3 is 0 Å². The Kier molecular flexibility index (Phi) is 5.77. The summed E-state index contributed by atoms with van der Waals surface area (Å²) >= 11 is 6.26. The van der Waals surface area contributed by atoms with Gasteiger partial charge in [-0.2, -0.15) is 0 Å². The Morgan fingerprint density at radius 3 is 2.37 bits per heavy atom. The molecular formula is C20H23ClN2O3S. The first-order valence-corrected chi connectivity index (χ1v) is 10.8. The fraction of sp³-hybridized carbons (Fsp3) is 0.350. The summed E-state index contributed by atoms with van der Waals surface area (Å²) in [4.78, 5) is 14.9. The van der Waals surface area contributed by atoms with E-state index in [4.69, 9.17) is 11.6 Å². The highest BCUT2D eigenvalue weighted by molar-refractivity contribution is 7.92. The van der Waals surface area contributed by atoms with Gasteiger partial charge in [-0.05, 0) is 49.1 Å². The van der Waals surface area contributed by atoms with Crippen molar-refractivity contribution in [2.45, 2.75) is 24.7 Å². The Labute approximate surface area is 165 Å². The zero-order valence-corrected chi connectivity index (χ0v) is 17.0. The van der Waals surface area contributed by atoms with E-state index in [9.17, 15) is 13.2 Å². The van der Waals surface area contributed by atoms with E-state index in [-0.39, 0.29) is 10.8 Å². The average molecular weight is 407 g/mol. The molecule has 3 rings (SSSR count). The summed E-state index contributed by atoms with van der Waals surface area (Å²) in [5, 5.41) is 0.327. The third-order valence-electron chi connectivity index (χ3n) is 5.02. The van der Waals surface area contributed by atoms with E-state index >= 15 is 0 Å². The van der Waals surface area contributed by atoms with Crippen molar-refractivity contribution in [3.05, 3.63) is 59.1 Å². The van der Waals surface area contributed by atoms with Crippen LogP contribution in [-0.4, -0.2) is 39.4 Å². The molecule has 0 spiro atoms. The van der Waals surface area contributed by atoms with Gasteiger partial charge in [-0.25, -0.2) is 8.42 Å². The van der Waals surface area contributed by atoms with Gasteiger partial charge in [0.1, 0.15) is 0 Å². The number of likely N-dealkylation sites (tertiary alicyclic amines) is 1. The van der Waals surface area contributed by atoms with Gasteiger partial charge in [-0.15, -0.1) is 0 Å². The maximum absolute atomic E-state index is 12.9. The van der Waals surface area contributed by atoms with Crippen LogP contribution in [0.5, 0.6) is 0 Å². The quantitative estimate of drug-likeness (QED) is 0.769. The molecule has 1 aliphatic rings. The number of nitrogens with zero attached hydrogens (tertiary/aromatic N) is 2. The highest BCUT2D eigenvalue weighted by Crippen LogP contribution is 2.28. The van der Waals surface area contributed by atoms with Gasteiger partial charge in [0.05, 0.1) is 21.2 Å². The SMILES string of the molecule is CC1CCN(C(=O)c2cc(N(C)S(=O)(=O)c3ccccc3)ccc2Cl)CC1. The summed E-state index contributed by atoms with van der Waals surface area (Å²) in [6, 6.07) is 12.9. The van der Waals surface area contributed by atoms with E-state index in [0.29, 0.717) is 35.3 Å². The van der Waals surface area contributed by atoms with Gasteiger partial charge in [0.2, 0.25) is 0 Å². The molecule has 7 heteroatoms. The number of rotatable bonds is 4. The molecule has 1 saturated heterocycles. The summed E-state index contributed by atoms with van der Waals surface area (Å²) in [5.74, 6) is 0.456. The van der Waals surface area contributed by atoms with Crippen LogP contribution in [0.15, 0.2) is 53.4 Å². The van der Waals surface area contributed by atoms with Crippen LogP contribution in [-0.2, 0) is 10.0 Å². The first-order valence-electron chi connectivity index (χ1n) is 8.93. The van der Waals surface area contributed by atoms with Crippen LogP contribution in [0.25, 0.3) is 0 Å². The van der Waals surface area contributed by atoms with Crippen molar-refractivity contribution in [3.8, 4) is 0 Å². The summed E-state index contributed by atoms with van der Waals surface area (Å²) in [5.41, 5.74) is 0.732. The minimum Gasteiger partial charge on any atom is -0.339 e. The number of carbonyl (C=O) groups is 1. The number of benzene rings is 2. The molecular weight excluding hydrogens is 384 g/mol. The number of hydrogen-bond donors (Lipinski definition) is 0. The molecule has 0 N–H and O–H groups in total. The lowest BCUT2D eigenvalue weighted by atomic mass is 9.98. The van der Waals surface area contributed by atoms with Crippen molar-refractivity contribution in [1.29, 1.82) is 0 Å². The van der Waals surface area contributed by atoms with Crippen LogP contribution >= 0.6 is 11.6 Å². The normalized spacial score (nSPS) is 15.6. The highest BCUT2D eigenvalue weighted by atomic mass is 35.5. The molecule has 2 aromatic carbocycles. The Morgan fingerprint density at radius 1 is 1.11 bits per heavy atom. The lowest BCUT2D eigenvalue weighted by Gasteiger charge is -2.31. The minimum atomic E-state index is -3.71. The Morgan fingerprint density at radius 2 is 1.74 bits per heavy atom. The summed E-state index contributed by atoms with van der Waals surface area (Å²) in [6.45, 7) is 3.57. The third-order valence-corrected chi connectivity index (χ3v) is 7.15. The topological polar surface area (TPSA) is 57.7 Å². The minimum absolute atomic E-state index is 0.153. The van der Waals surface area contributed by atoms with E-state index in [2.05, 4.69) is 6.92 Å². The number of amides is 1. The number of hydrogen-bond acceptors (Lipinski definition) is 3. The van der Waals surface area contributed by atoms with Crippen molar-refractivity contribution in [2.75, 3.05) is 24.4 Å². The average Bonchev–Trinajstić information content (AvgIpc) is 2.68. The van der Waals surface area contributed by atoms with Crippen molar-refractivity contribution in [2.24, 2.45) is 5.92 Å². The van der Waals surface area contributed by atoms with Crippen molar-refractivity contribution in [1.82, 2.24) is 4.90 Å². The maximum Gasteiger partial charge on any atom is 0.264 e. The van der Waals surface area contributed by atoms with Crippen LogP contribution in [0.4, 0.5) is 5.69 Å². The predicted octanol–water partition coefficient (Wildman–Crippen LogP) is 4.04. The van der Waals surface area contributed by atoms with Crippen LogP contribution in [0, 0.1) is 5.92 Å². The van der Waals surface area contributed by atoms with Crippen LogP contribution in [0.2, 0.25) is 5.02 Å². The molecule has 27 heavy (non-hydrogen) atoms. The molecule has 144 valence electrons. The Hall–Kier alpha value is -2.05. The van der Waals surface area contributed by atoms with Crippen LogP contribution in [0.1, 0.15) is 30.1 Å². The maximum atomic E-state index is 12.9. The number of anilines is 1. The second-order valence-electron chi connectivity index (χ2n) is 6.92. The summed E-state index contributed by atoms with van der Waals surface area (Å²) in [6.07, 6.45) is 1.93. The first kappa shape index (κ1) is 19.7. The number of piperidine rings is 1. The molecule has 0 aliphatic carbocycles. The van der Waals surface area contributed by atoms with E-state index in [0.717, 1.165) is 12.8 Å². The zero-order valence-electron chi connectivity index (χ0n) is 15.4. The number of halogens is 1.